The van der Waals surface area contributed by atoms with Gasteiger partial charge in [-0.15, -0.1) is 0 Å². The molecule has 1 amide bonds. The number of benzene rings is 1. The van der Waals surface area contributed by atoms with Gasteiger partial charge in [-0.2, -0.15) is 0 Å². The van der Waals surface area contributed by atoms with Crippen LogP contribution in [0.5, 0.6) is 5.75 Å². The first-order chi connectivity index (χ1) is 19.8. The third kappa shape index (κ3) is 5.37. The van der Waals surface area contributed by atoms with Crippen LogP contribution in [0.2, 0.25) is 5.02 Å². The van der Waals surface area contributed by atoms with Crippen molar-refractivity contribution in [1.82, 2.24) is 29.2 Å². The highest BCUT2D eigenvalue weighted by Crippen LogP contribution is 2.35. The quantitative estimate of drug-likeness (QED) is 0.353. The number of nitrogens with one attached hydrogen (secondary N) is 1. The Kier molecular flexibility index (Phi) is 7.37. The third-order valence-corrected chi connectivity index (χ3v) is 7.54. The summed E-state index contributed by atoms with van der Waals surface area (Å²) in [6.07, 6.45) is 4.65. The fourth-order valence-electron chi connectivity index (χ4n) is 5.33. The lowest BCUT2D eigenvalue weighted by Crippen LogP contribution is -2.49. The topological polar surface area (TPSA) is 100 Å². The normalized spacial score (nSPS) is 18.7. The van der Waals surface area contributed by atoms with E-state index in [1.54, 1.807) is 23.8 Å². The van der Waals surface area contributed by atoms with Gasteiger partial charge in [0.15, 0.2) is 11.5 Å². The van der Waals surface area contributed by atoms with Crippen LogP contribution in [0, 0.1) is 5.82 Å². The van der Waals surface area contributed by atoms with Gasteiger partial charge in [0.05, 0.1) is 61.2 Å². The first kappa shape index (κ1) is 27.2. The zero-order valence-electron chi connectivity index (χ0n) is 22.9. The van der Waals surface area contributed by atoms with Gasteiger partial charge in [0.1, 0.15) is 11.4 Å². The molecule has 7 rings (SSSR count). The Labute approximate surface area is 241 Å². The van der Waals surface area contributed by atoms with Gasteiger partial charge in [0.25, 0.3) is 0 Å². The Morgan fingerprint density at radius 3 is 2.88 bits per heavy atom. The summed E-state index contributed by atoms with van der Waals surface area (Å²) in [6, 6.07) is 8.84. The molecule has 0 saturated carbocycles. The molecule has 0 spiro atoms. The predicted molar refractivity (Wildman–Crippen MR) is 153 cm³/mol. The number of pyridine rings is 1. The Balaban J connectivity index is 1.24. The van der Waals surface area contributed by atoms with Gasteiger partial charge in [-0.3, -0.25) is 9.20 Å². The van der Waals surface area contributed by atoms with E-state index in [1.807, 2.05) is 42.1 Å². The largest absolute Gasteiger partial charge is 0.494 e. The van der Waals surface area contributed by atoms with E-state index in [4.69, 9.17) is 21.1 Å². The number of aromatic nitrogens is 4. The molecule has 3 fully saturated rings. The maximum atomic E-state index is 14.2. The highest BCUT2D eigenvalue weighted by molar-refractivity contribution is 6.32. The Morgan fingerprint density at radius 2 is 2.07 bits per heavy atom. The highest BCUT2D eigenvalue weighted by Gasteiger charge is 2.37. The molecule has 214 valence electrons. The number of rotatable bonds is 7. The lowest BCUT2D eigenvalue weighted by Gasteiger charge is -2.38. The number of imidazole rings is 1. The average Bonchev–Trinajstić information content (AvgIpc) is 3.17. The van der Waals surface area contributed by atoms with Crippen LogP contribution in [-0.2, 0) is 9.53 Å². The summed E-state index contributed by atoms with van der Waals surface area (Å²) in [4.78, 5) is 32.0. The molecule has 1 N–H and O–H groups in total. The highest BCUT2D eigenvalue weighted by atomic mass is 35.5. The fraction of sp³-hybridized carbons (Fsp3) is 0.357. The number of anilines is 3. The van der Waals surface area contributed by atoms with E-state index in [-0.39, 0.29) is 23.7 Å². The van der Waals surface area contributed by atoms with Crippen molar-refractivity contribution in [2.45, 2.75) is 12.1 Å². The van der Waals surface area contributed by atoms with Gasteiger partial charge in [0, 0.05) is 37.6 Å². The van der Waals surface area contributed by atoms with Crippen LogP contribution in [0.1, 0.15) is 0 Å². The summed E-state index contributed by atoms with van der Waals surface area (Å²) in [5.41, 5.74) is 2.76. The third-order valence-electron chi connectivity index (χ3n) is 7.26. The summed E-state index contributed by atoms with van der Waals surface area (Å²) in [6.45, 7) is 2.77. The second-order valence-corrected chi connectivity index (χ2v) is 10.8. The monoisotopic (exact) mass is 580 g/mol. The SMILES string of the molecule is COc1cc(N2CC3CN(C(=O)CN(C)C)CC2CO3)ccc1Nc1ncc(Cl)c(-c2cnc3c(F)cccn23)n1. The molecule has 2 bridgehead atoms. The van der Waals surface area contributed by atoms with E-state index >= 15 is 0 Å². The van der Waals surface area contributed by atoms with E-state index in [1.165, 1.54) is 18.5 Å². The molecule has 3 aliphatic heterocycles. The molecule has 0 radical (unpaired) electrons. The van der Waals surface area contributed by atoms with E-state index < -0.39 is 5.82 Å². The lowest BCUT2D eigenvalue weighted by molar-refractivity contribution is -0.132. The second kappa shape index (κ2) is 11.1. The molecule has 2 unspecified atom stereocenters. The molecule has 1 aromatic carbocycles. The first-order valence-corrected chi connectivity index (χ1v) is 13.6. The molecule has 41 heavy (non-hydrogen) atoms. The predicted octanol–water partition coefficient (Wildman–Crippen LogP) is 3.31. The number of carbonyl (C=O) groups excluding carboxylic acids is 1. The van der Waals surface area contributed by atoms with Gasteiger partial charge in [-0.1, -0.05) is 11.6 Å². The Hall–Kier alpha value is -4.00. The molecular weight excluding hydrogens is 551 g/mol. The molecule has 3 saturated heterocycles. The van der Waals surface area contributed by atoms with E-state index in [0.717, 1.165) is 5.69 Å². The first-order valence-electron chi connectivity index (χ1n) is 13.2. The van der Waals surface area contributed by atoms with Crippen LogP contribution in [0.15, 0.2) is 48.9 Å². The number of fused-ring (bicyclic) bond motifs is 5. The summed E-state index contributed by atoms with van der Waals surface area (Å²) in [5, 5.41) is 3.52. The van der Waals surface area contributed by atoms with Gasteiger partial charge < -0.3 is 29.5 Å². The molecule has 2 atom stereocenters. The number of methoxy groups -OCH3 is 1. The van der Waals surface area contributed by atoms with Crippen molar-refractivity contribution in [3.8, 4) is 17.1 Å². The number of halogens is 2. The van der Waals surface area contributed by atoms with Gasteiger partial charge >= 0.3 is 0 Å². The van der Waals surface area contributed by atoms with Crippen LogP contribution in [0.4, 0.5) is 21.7 Å². The number of nitrogens with zero attached hydrogens (tertiary/aromatic N) is 7. The van der Waals surface area contributed by atoms with Crippen molar-refractivity contribution in [1.29, 1.82) is 0 Å². The number of carbonyl (C=O) groups is 1. The standard InChI is InChI=1S/C28H30ClFN8O3/c1-35(2)15-25(39)36-12-18-16-41-19(13-36)14-38(18)17-6-7-22(24(9-17)40-3)33-28-32-10-20(29)26(34-28)23-11-31-27-21(30)5-4-8-37(23)27/h4-11,18-19H,12-16H2,1-3H3,(H,32,33,34). The van der Waals surface area contributed by atoms with E-state index in [2.05, 4.69) is 25.2 Å². The minimum absolute atomic E-state index is 0.0286. The minimum Gasteiger partial charge on any atom is -0.494 e. The minimum atomic E-state index is -0.441. The number of likely N-dealkylation sites (N-methyl/N-ethyl adjacent to an activating group) is 1. The maximum Gasteiger partial charge on any atom is 0.236 e. The second-order valence-electron chi connectivity index (χ2n) is 10.4. The maximum absolute atomic E-state index is 14.2. The van der Waals surface area contributed by atoms with E-state index in [9.17, 15) is 9.18 Å². The molecule has 11 nitrogen and oxygen atoms in total. The Bertz CT molecular complexity index is 1600. The number of morpholine rings is 1. The summed E-state index contributed by atoms with van der Waals surface area (Å²) in [5.74, 6) is 0.551. The van der Waals surface area contributed by atoms with Gasteiger partial charge in [-0.25, -0.2) is 19.3 Å². The van der Waals surface area contributed by atoms with Crippen molar-refractivity contribution < 1.29 is 18.7 Å². The zero-order valence-corrected chi connectivity index (χ0v) is 23.7. The molecule has 0 aliphatic carbocycles. The molecular formula is C28H30ClFN8O3. The smallest absolute Gasteiger partial charge is 0.236 e. The van der Waals surface area contributed by atoms with Crippen molar-refractivity contribution >= 4 is 40.5 Å². The molecule has 13 heteroatoms. The van der Waals surface area contributed by atoms with Crippen LogP contribution in [0.3, 0.4) is 0 Å². The van der Waals surface area contributed by atoms with Gasteiger partial charge in [0.2, 0.25) is 11.9 Å². The zero-order chi connectivity index (χ0) is 28.7. The van der Waals surface area contributed by atoms with E-state index in [0.29, 0.717) is 66.6 Å². The van der Waals surface area contributed by atoms with Crippen LogP contribution in [-0.4, -0.2) is 101 Å². The van der Waals surface area contributed by atoms with Crippen LogP contribution < -0.4 is 15.0 Å². The number of hydrogen-bond acceptors (Lipinski definition) is 9. The van der Waals surface area contributed by atoms with Gasteiger partial charge in [-0.05, 0) is 38.4 Å². The molecule has 3 aliphatic rings. The summed E-state index contributed by atoms with van der Waals surface area (Å²) >= 11 is 6.44. The van der Waals surface area contributed by atoms with Crippen molar-refractivity contribution in [3.63, 3.8) is 0 Å². The van der Waals surface area contributed by atoms with Crippen molar-refractivity contribution in [2.24, 2.45) is 0 Å². The van der Waals surface area contributed by atoms with Crippen molar-refractivity contribution in [2.75, 3.05) is 64.2 Å². The van der Waals surface area contributed by atoms with Crippen LogP contribution >= 0.6 is 11.6 Å². The fourth-order valence-corrected chi connectivity index (χ4v) is 5.51. The average molecular weight is 581 g/mol. The molecule has 4 aromatic rings. The summed E-state index contributed by atoms with van der Waals surface area (Å²) in [7, 11) is 5.39. The Morgan fingerprint density at radius 1 is 1.22 bits per heavy atom. The number of amides is 1. The number of hydrogen-bond donors (Lipinski definition) is 1. The molecule has 3 aromatic heterocycles. The van der Waals surface area contributed by atoms with Crippen LogP contribution in [0.25, 0.3) is 17.0 Å². The lowest BCUT2D eigenvalue weighted by atomic mass is 10.1. The van der Waals surface area contributed by atoms with Crippen molar-refractivity contribution in [3.05, 3.63) is 59.8 Å². The number of ether oxygens (including phenoxy) is 2. The molecule has 6 heterocycles. The summed E-state index contributed by atoms with van der Waals surface area (Å²) < 4.78 is 27.6.